The Hall–Kier alpha value is -3.47. The van der Waals surface area contributed by atoms with E-state index in [2.05, 4.69) is 4.98 Å². The second kappa shape index (κ2) is 5.66. The molecular weight excluding hydrogens is 278 g/mol. The monoisotopic (exact) mass is 285 g/mol. The minimum absolute atomic E-state index is 0.150. The van der Waals surface area contributed by atoms with E-state index in [0.29, 0.717) is 0 Å². The number of pyridine rings is 1. The van der Waals surface area contributed by atoms with Gasteiger partial charge in [0.15, 0.2) is 11.4 Å². The van der Waals surface area contributed by atoms with E-state index in [0.717, 1.165) is 0 Å². The fourth-order valence-electron chi connectivity index (χ4n) is 1.64. The van der Waals surface area contributed by atoms with Gasteiger partial charge in [-0.3, -0.25) is 10.1 Å². The molecule has 0 bridgehead atoms. The smallest absolute Gasteiger partial charge is 0.358 e. The first-order valence-electron chi connectivity index (χ1n) is 5.58. The molecule has 0 aliphatic carbocycles. The molecule has 0 radical (unpaired) electrons. The van der Waals surface area contributed by atoms with Gasteiger partial charge in [0.1, 0.15) is 11.6 Å². The van der Waals surface area contributed by atoms with E-state index < -0.39 is 16.6 Å². The molecule has 1 aromatic carbocycles. The van der Waals surface area contributed by atoms with Crippen molar-refractivity contribution in [3.8, 4) is 17.6 Å². The molecule has 21 heavy (non-hydrogen) atoms. The summed E-state index contributed by atoms with van der Waals surface area (Å²) in [6, 6.07) is 8.38. The molecule has 0 aliphatic rings. The van der Waals surface area contributed by atoms with E-state index in [1.54, 1.807) is 6.07 Å². The van der Waals surface area contributed by atoms with Crippen LogP contribution < -0.4 is 4.74 Å². The molecule has 0 saturated carbocycles. The van der Waals surface area contributed by atoms with Crippen LogP contribution in [0.1, 0.15) is 16.1 Å². The number of nitrogens with zero attached hydrogens (tertiary/aromatic N) is 3. The maximum absolute atomic E-state index is 11.1. The Bertz CT molecular complexity index is 767. The average molecular weight is 285 g/mol. The van der Waals surface area contributed by atoms with Crippen LogP contribution in [-0.4, -0.2) is 21.0 Å². The predicted molar refractivity (Wildman–Crippen MR) is 69.1 cm³/mol. The van der Waals surface area contributed by atoms with Gasteiger partial charge in [-0.1, -0.05) is 6.07 Å². The van der Waals surface area contributed by atoms with E-state index in [9.17, 15) is 14.9 Å². The zero-order valence-electron chi connectivity index (χ0n) is 10.4. The van der Waals surface area contributed by atoms with Crippen molar-refractivity contribution < 1.29 is 19.6 Å². The molecular formula is C13H7N3O5. The molecule has 8 nitrogen and oxygen atoms in total. The number of carboxylic acid groups (broad SMARTS) is 1. The zero-order valence-corrected chi connectivity index (χ0v) is 10.4. The van der Waals surface area contributed by atoms with Crippen LogP contribution in [0.3, 0.4) is 0 Å². The molecule has 0 atom stereocenters. The number of aromatic nitrogens is 1. The number of hydrogen-bond acceptors (Lipinski definition) is 6. The van der Waals surface area contributed by atoms with Gasteiger partial charge in [-0.2, -0.15) is 5.26 Å². The molecule has 1 heterocycles. The topological polar surface area (TPSA) is 126 Å². The molecule has 0 amide bonds. The highest BCUT2D eigenvalue weighted by Gasteiger charge is 2.23. The van der Waals surface area contributed by atoms with Crippen LogP contribution in [0.5, 0.6) is 11.5 Å². The molecule has 0 spiro atoms. The number of benzene rings is 1. The SMILES string of the molecule is N#Cc1cccc(Oc2cccnc2C(=O)O)c1[N+](=O)[O-]. The molecule has 0 fully saturated rings. The van der Waals surface area contributed by atoms with Crippen molar-refractivity contribution >= 4 is 11.7 Å². The summed E-state index contributed by atoms with van der Waals surface area (Å²) >= 11 is 0. The van der Waals surface area contributed by atoms with Crippen molar-refractivity contribution in [1.82, 2.24) is 4.98 Å². The Kier molecular flexibility index (Phi) is 3.76. The largest absolute Gasteiger partial charge is 0.476 e. The molecule has 0 unspecified atom stereocenters. The summed E-state index contributed by atoms with van der Waals surface area (Å²) in [5.41, 5.74) is -1.09. The summed E-state index contributed by atoms with van der Waals surface area (Å²) in [6.07, 6.45) is 1.26. The standard InChI is InChI=1S/C13H7N3O5/c14-7-8-3-1-4-10(12(8)16(19)20)21-9-5-2-6-15-11(9)13(17)18/h1-6H,(H,17,18). The Morgan fingerprint density at radius 3 is 2.67 bits per heavy atom. The van der Waals surface area contributed by atoms with Crippen LogP contribution >= 0.6 is 0 Å². The number of para-hydroxylation sites is 1. The molecule has 0 aliphatic heterocycles. The lowest BCUT2D eigenvalue weighted by Gasteiger charge is -2.08. The van der Waals surface area contributed by atoms with E-state index in [-0.39, 0.29) is 22.8 Å². The number of rotatable bonds is 4. The lowest BCUT2D eigenvalue weighted by molar-refractivity contribution is -0.385. The van der Waals surface area contributed by atoms with Crippen molar-refractivity contribution in [1.29, 1.82) is 5.26 Å². The minimum Gasteiger partial charge on any atom is -0.476 e. The van der Waals surface area contributed by atoms with Crippen molar-refractivity contribution in [3.63, 3.8) is 0 Å². The van der Waals surface area contributed by atoms with Gasteiger partial charge in [0.25, 0.3) is 0 Å². The second-order valence-electron chi connectivity index (χ2n) is 3.78. The summed E-state index contributed by atoms with van der Waals surface area (Å²) in [5.74, 6) is -1.71. The number of nitriles is 1. The molecule has 2 rings (SSSR count). The molecule has 8 heteroatoms. The van der Waals surface area contributed by atoms with Gasteiger partial charge in [-0.25, -0.2) is 9.78 Å². The third kappa shape index (κ3) is 2.76. The Labute approximate surface area is 118 Å². The van der Waals surface area contributed by atoms with Gasteiger partial charge in [-0.05, 0) is 24.3 Å². The fraction of sp³-hybridized carbons (Fsp3) is 0. The highest BCUT2D eigenvalue weighted by molar-refractivity contribution is 5.88. The number of nitro groups is 1. The lowest BCUT2D eigenvalue weighted by atomic mass is 10.2. The van der Waals surface area contributed by atoms with Gasteiger partial charge >= 0.3 is 11.7 Å². The van der Waals surface area contributed by atoms with Crippen LogP contribution in [0.4, 0.5) is 5.69 Å². The van der Waals surface area contributed by atoms with Crippen LogP contribution in [0.25, 0.3) is 0 Å². The summed E-state index contributed by atoms with van der Waals surface area (Å²) in [6.45, 7) is 0. The number of carboxylic acids is 1. The van der Waals surface area contributed by atoms with Crippen molar-refractivity contribution in [3.05, 3.63) is 57.9 Å². The van der Waals surface area contributed by atoms with Crippen molar-refractivity contribution in [2.75, 3.05) is 0 Å². The van der Waals surface area contributed by atoms with E-state index in [1.165, 1.54) is 36.5 Å². The van der Waals surface area contributed by atoms with Gasteiger partial charge in [0, 0.05) is 6.20 Å². The van der Waals surface area contributed by atoms with Crippen LogP contribution in [0.15, 0.2) is 36.5 Å². The highest BCUT2D eigenvalue weighted by atomic mass is 16.6. The lowest BCUT2D eigenvalue weighted by Crippen LogP contribution is -2.04. The summed E-state index contributed by atoms with van der Waals surface area (Å²) in [5, 5.41) is 28.9. The zero-order chi connectivity index (χ0) is 15.4. The summed E-state index contributed by atoms with van der Waals surface area (Å²) < 4.78 is 5.27. The maximum Gasteiger partial charge on any atom is 0.358 e. The minimum atomic E-state index is -1.33. The van der Waals surface area contributed by atoms with Gasteiger partial charge in [0.05, 0.1) is 4.92 Å². The van der Waals surface area contributed by atoms with Crippen LogP contribution in [0.2, 0.25) is 0 Å². The first-order valence-corrected chi connectivity index (χ1v) is 5.58. The highest BCUT2D eigenvalue weighted by Crippen LogP contribution is 2.34. The normalized spacial score (nSPS) is 9.67. The first kappa shape index (κ1) is 14.0. The van der Waals surface area contributed by atoms with Crippen molar-refractivity contribution in [2.45, 2.75) is 0 Å². The number of hydrogen-bond donors (Lipinski definition) is 1. The summed E-state index contributed by atoms with van der Waals surface area (Å²) in [4.78, 5) is 25.0. The van der Waals surface area contributed by atoms with Gasteiger partial charge in [-0.15, -0.1) is 0 Å². The van der Waals surface area contributed by atoms with E-state index >= 15 is 0 Å². The Morgan fingerprint density at radius 1 is 1.33 bits per heavy atom. The van der Waals surface area contributed by atoms with Gasteiger partial charge in [0.2, 0.25) is 5.75 Å². The van der Waals surface area contributed by atoms with E-state index in [1.807, 2.05) is 0 Å². The fourth-order valence-corrected chi connectivity index (χ4v) is 1.64. The third-order valence-corrected chi connectivity index (χ3v) is 2.50. The Balaban J connectivity index is 2.53. The molecule has 0 saturated heterocycles. The molecule has 1 aromatic heterocycles. The number of ether oxygens (including phenoxy) is 1. The second-order valence-corrected chi connectivity index (χ2v) is 3.78. The number of nitro benzene ring substituents is 1. The predicted octanol–water partition coefficient (Wildman–Crippen LogP) is 2.35. The quantitative estimate of drug-likeness (QED) is 0.674. The third-order valence-electron chi connectivity index (χ3n) is 2.50. The van der Waals surface area contributed by atoms with Crippen LogP contribution in [0, 0.1) is 21.4 Å². The van der Waals surface area contributed by atoms with Crippen molar-refractivity contribution in [2.24, 2.45) is 0 Å². The van der Waals surface area contributed by atoms with E-state index in [4.69, 9.17) is 15.1 Å². The average Bonchev–Trinajstić information content (AvgIpc) is 2.47. The molecule has 2 aromatic rings. The maximum atomic E-state index is 11.1. The first-order chi connectivity index (χ1) is 10.0. The van der Waals surface area contributed by atoms with Gasteiger partial charge < -0.3 is 9.84 Å². The Morgan fingerprint density at radius 2 is 2.05 bits per heavy atom. The van der Waals surface area contributed by atoms with Crippen LogP contribution in [-0.2, 0) is 0 Å². The summed E-state index contributed by atoms with van der Waals surface area (Å²) in [7, 11) is 0. The molecule has 1 N–H and O–H groups in total. The molecule has 104 valence electrons. The number of aromatic carboxylic acids is 1. The number of carbonyl (C=O) groups is 1.